The van der Waals surface area contributed by atoms with Gasteiger partial charge in [0.25, 0.3) is 0 Å². The lowest BCUT2D eigenvalue weighted by molar-refractivity contribution is -0.239. The third-order valence-electron chi connectivity index (χ3n) is 3.79. The molecule has 8 atom stereocenters. The maximum Gasteiger partial charge on any atom is 0.187 e. The molecule has 110 valence electrons. The highest BCUT2D eigenvalue weighted by atomic mass is 16.7. The fourth-order valence-corrected chi connectivity index (χ4v) is 2.69. The Morgan fingerprint density at radius 2 is 1.84 bits per heavy atom. The predicted molar refractivity (Wildman–Crippen MR) is 58.1 cm³/mol. The van der Waals surface area contributed by atoms with Crippen LogP contribution in [0.25, 0.3) is 0 Å². The Labute approximate surface area is 109 Å². The molecule has 3 aliphatic heterocycles. The van der Waals surface area contributed by atoms with Gasteiger partial charge in [-0.05, 0) is 0 Å². The third-order valence-corrected chi connectivity index (χ3v) is 3.79. The van der Waals surface area contributed by atoms with Gasteiger partial charge in [-0.3, -0.25) is 0 Å². The minimum Gasteiger partial charge on any atom is -0.394 e. The molecule has 0 spiro atoms. The molecule has 0 aliphatic carbocycles. The molecule has 0 unspecified atom stereocenters. The summed E-state index contributed by atoms with van der Waals surface area (Å²) in [4.78, 5) is 0. The summed E-state index contributed by atoms with van der Waals surface area (Å²) in [6, 6.07) is 0. The SMILES string of the molecule is OC[C@H]1O[C@H](O[C@H]2[C@H]3OC[C@H]2OC[C@H]3O)[C@@H](O)[C@@H]1O. The maximum atomic E-state index is 9.79. The molecule has 19 heavy (non-hydrogen) atoms. The number of aliphatic hydroxyl groups is 4. The Hall–Kier alpha value is -0.320. The summed E-state index contributed by atoms with van der Waals surface area (Å²) in [6.07, 6.45) is -6.62. The zero-order valence-corrected chi connectivity index (χ0v) is 10.2. The zero-order chi connectivity index (χ0) is 13.6. The van der Waals surface area contributed by atoms with Crippen molar-refractivity contribution in [3.05, 3.63) is 0 Å². The molecule has 0 aromatic heterocycles. The van der Waals surface area contributed by atoms with Gasteiger partial charge < -0.3 is 39.4 Å². The van der Waals surface area contributed by atoms with Crippen molar-refractivity contribution >= 4 is 0 Å². The Morgan fingerprint density at radius 1 is 1.05 bits per heavy atom. The Morgan fingerprint density at radius 3 is 2.53 bits per heavy atom. The molecule has 2 bridgehead atoms. The van der Waals surface area contributed by atoms with Gasteiger partial charge >= 0.3 is 0 Å². The first-order valence-electron chi connectivity index (χ1n) is 6.31. The summed E-state index contributed by atoms with van der Waals surface area (Å²) >= 11 is 0. The van der Waals surface area contributed by atoms with E-state index in [4.69, 9.17) is 24.1 Å². The van der Waals surface area contributed by atoms with Crippen LogP contribution >= 0.6 is 0 Å². The number of hydrogen-bond acceptors (Lipinski definition) is 8. The van der Waals surface area contributed by atoms with Crippen molar-refractivity contribution in [1.82, 2.24) is 0 Å². The molecule has 0 aromatic carbocycles. The average molecular weight is 278 g/mol. The van der Waals surface area contributed by atoms with Gasteiger partial charge in [0.15, 0.2) is 6.29 Å². The smallest absolute Gasteiger partial charge is 0.187 e. The van der Waals surface area contributed by atoms with E-state index in [-0.39, 0.29) is 12.7 Å². The molecule has 3 saturated heterocycles. The van der Waals surface area contributed by atoms with Crippen molar-refractivity contribution in [2.24, 2.45) is 0 Å². The monoisotopic (exact) mass is 278 g/mol. The second kappa shape index (κ2) is 5.23. The van der Waals surface area contributed by atoms with Crippen LogP contribution < -0.4 is 0 Å². The summed E-state index contributed by atoms with van der Waals surface area (Å²) in [7, 11) is 0. The number of ether oxygens (including phenoxy) is 4. The largest absolute Gasteiger partial charge is 0.394 e. The first-order valence-corrected chi connectivity index (χ1v) is 6.31. The average Bonchev–Trinajstić information content (AvgIpc) is 2.85. The van der Waals surface area contributed by atoms with Crippen molar-refractivity contribution in [3.63, 3.8) is 0 Å². The lowest BCUT2D eigenvalue weighted by Gasteiger charge is -2.33. The minimum atomic E-state index is -1.25. The second-order valence-electron chi connectivity index (χ2n) is 5.04. The van der Waals surface area contributed by atoms with Crippen LogP contribution in [0.15, 0.2) is 0 Å². The van der Waals surface area contributed by atoms with E-state index >= 15 is 0 Å². The molecule has 0 amide bonds. The molecular weight excluding hydrogens is 260 g/mol. The third kappa shape index (κ3) is 2.28. The highest BCUT2D eigenvalue weighted by Crippen LogP contribution is 2.32. The van der Waals surface area contributed by atoms with Gasteiger partial charge in [-0.25, -0.2) is 0 Å². The van der Waals surface area contributed by atoms with E-state index in [1.807, 2.05) is 0 Å². The molecule has 0 radical (unpaired) electrons. The van der Waals surface area contributed by atoms with Gasteiger partial charge in [-0.1, -0.05) is 0 Å². The summed E-state index contributed by atoms with van der Waals surface area (Å²) in [5.41, 5.74) is 0. The van der Waals surface area contributed by atoms with E-state index in [0.717, 1.165) is 0 Å². The quantitative estimate of drug-likeness (QED) is 0.430. The van der Waals surface area contributed by atoms with Crippen LogP contribution in [0.4, 0.5) is 0 Å². The first-order chi connectivity index (χ1) is 9.11. The van der Waals surface area contributed by atoms with E-state index in [1.165, 1.54) is 0 Å². The summed E-state index contributed by atoms with van der Waals surface area (Å²) in [5, 5.41) is 38.2. The van der Waals surface area contributed by atoms with Gasteiger partial charge in [0, 0.05) is 0 Å². The first kappa shape index (κ1) is 13.7. The van der Waals surface area contributed by atoms with Gasteiger partial charge in [0.05, 0.1) is 19.8 Å². The number of hydrogen-bond donors (Lipinski definition) is 4. The van der Waals surface area contributed by atoms with Crippen LogP contribution in [-0.2, 0) is 18.9 Å². The Balaban J connectivity index is 1.66. The van der Waals surface area contributed by atoms with Crippen molar-refractivity contribution in [3.8, 4) is 0 Å². The van der Waals surface area contributed by atoms with E-state index in [0.29, 0.717) is 6.61 Å². The van der Waals surface area contributed by atoms with Crippen molar-refractivity contribution in [2.75, 3.05) is 19.8 Å². The molecule has 3 aliphatic rings. The summed E-state index contributed by atoms with van der Waals surface area (Å²) in [5.74, 6) is 0. The predicted octanol–water partition coefficient (Wildman–Crippen LogP) is -3.03. The second-order valence-corrected chi connectivity index (χ2v) is 5.04. The summed E-state index contributed by atoms with van der Waals surface area (Å²) in [6.45, 7) is 0.0809. The van der Waals surface area contributed by atoms with Crippen molar-refractivity contribution in [1.29, 1.82) is 0 Å². The number of fused-ring (bicyclic) bond motifs is 2. The van der Waals surface area contributed by atoms with Crippen LogP contribution in [0.1, 0.15) is 0 Å². The molecular formula is C11H18O8. The molecule has 3 rings (SSSR count). The van der Waals surface area contributed by atoms with E-state index < -0.39 is 49.5 Å². The molecule has 3 fully saturated rings. The van der Waals surface area contributed by atoms with E-state index in [9.17, 15) is 15.3 Å². The van der Waals surface area contributed by atoms with Gasteiger partial charge in [-0.2, -0.15) is 0 Å². The van der Waals surface area contributed by atoms with Crippen molar-refractivity contribution in [2.45, 2.75) is 49.0 Å². The molecule has 3 heterocycles. The van der Waals surface area contributed by atoms with Crippen molar-refractivity contribution < 1.29 is 39.4 Å². The standard InChI is InChI=1S/C11H18O8/c12-1-5-7(14)8(15)11(18-5)19-10-6-3-17-9(10)4(13)2-16-6/h4-15H,1-3H2/t4-,5-,6-,7-,8+,9+,10-,11-/m1/s1. The summed E-state index contributed by atoms with van der Waals surface area (Å²) < 4.78 is 21.6. The number of aliphatic hydroxyl groups excluding tert-OH is 4. The Bertz CT molecular complexity index is 326. The molecule has 8 nitrogen and oxygen atoms in total. The van der Waals surface area contributed by atoms with Gasteiger partial charge in [0.2, 0.25) is 0 Å². The van der Waals surface area contributed by atoms with Crippen LogP contribution in [0.5, 0.6) is 0 Å². The number of rotatable bonds is 3. The zero-order valence-electron chi connectivity index (χ0n) is 10.2. The minimum absolute atomic E-state index is 0.186. The lowest BCUT2D eigenvalue weighted by atomic mass is 10.0. The van der Waals surface area contributed by atoms with Crippen LogP contribution in [0.2, 0.25) is 0 Å². The normalized spacial score (nSPS) is 53.7. The molecule has 8 heteroatoms. The van der Waals surface area contributed by atoms with Gasteiger partial charge in [0.1, 0.15) is 42.7 Å². The van der Waals surface area contributed by atoms with Crippen LogP contribution in [0.3, 0.4) is 0 Å². The molecule has 4 N–H and O–H groups in total. The topological polar surface area (TPSA) is 118 Å². The lowest BCUT2D eigenvalue weighted by Crippen LogP contribution is -2.51. The van der Waals surface area contributed by atoms with Crippen LogP contribution in [-0.4, -0.2) is 89.3 Å². The van der Waals surface area contributed by atoms with E-state index in [1.54, 1.807) is 0 Å². The van der Waals surface area contributed by atoms with Gasteiger partial charge in [-0.15, -0.1) is 0 Å². The maximum absolute atomic E-state index is 9.79. The molecule has 0 saturated carbocycles. The van der Waals surface area contributed by atoms with Crippen LogP contribution in [0, 0.1) is 0 Å². The van der Waals surface area contributed by atoms with E-state index in [2.05, 4.69) is 0 Å². The molecule has 0 aromatic rings. The Kier molecular flexibility index (Phi) is 3.76. The fourth-order valence-electron chi connectivity index (χ4n) is 2.69. The highest BCUT2D eigenvalue weighted by Gasteiger charge is 2.51. The highest BCUT2D eigenvalue weighted by molar-refractivity contribution is 4.96. The fraction of sp³-hybridized carbons (Fsp3) is 1.00.